The zero-order valence-corrected chi connectivity index (χ0v) is 13.6. The number of rotatable bonds is 5. The Bertz CT molecular complexity index is 721. The number of hydrogen-bond acceptors (Lipinski definition) is 5. The fourth-order valence-electron chi connectivity index (χ4n) is 3.17. The standard InChI is InChI=1S/C16H17F2N3O2.ClH/c17-15(18)22-12-5-2-1-4-9(12)10-8-11(10)13-20-14(21-23-13)16(19)6-3-7-16;/h1-2,4-5,10-11,15H,3,6-8,19H2;1H. The second kappa shape index (κ2) is 6.29. The van der Waals surface area contributed by atoms with Gasteiger partial charge in [-0.15, -0.1) is 12.4 Å². The van der Waals surface area contributed by atoms with Gasteiger partial charge in [0.2, 0.25) is 5.89 Å². The van der Waals surface area contributed by atoms with E-state index in [1.807, 2.05) is 6.07 Å². The molecule has 24 heavy (non-hydrogen) atoms. The Kier molecular flexibility index (Phi) is 4.48. The lowest BCUT2D eigenvalue weighted by Gasteiger charge is -2.34. The van der Waals surface area contributed by atoms with Crippen molar-refractivity contribution in [3.8, 4) is 5.75 Å². The van der Waals surface area contributed by atoms with Gasteiger partial charge in [-0.3, -0.25) is 0 Å². The van der Waals surface area contributed by atoms with E-state index in [9.17, 15) is 8.78 Å². The minimum absolute atomic E-state index is 0. The van der Waals surface area contributed by atoms with E-state index in [0.29, 0.717) is 11.7 Å². The molecule has 1 aromatic carbocycles. The zero-order chi connectivity index (χ0) is 16.0. The molecule has 2 aliphatic carbocycles. The van der Waals surface area contributed by atoms with Gasteiger partial charge in [0.1, 0.15) is 5.75 Å². The number of hydrogen-bond donors (Lipinski definition) is 1. The minimum atomic E-state index is -2.83. The van der Waals surface area contributed by atoms with Crippen molar-refractivity contribution in [2.45, 2.75) is 49.7 Å². The van der Waals surface area contributed by atoms with Gasteiger partial charge in [0, 0.05) is 5.92 Å². The molecule has 2 unspecified atom stereocenters. The third kappa shape index (κ3) is 2.98. The fraction of sp³-hybridized carbons (Fsp3) is 0.500. The van der Waals surface area contributed by atoms with Crippen LogP contribution in [0.25, 0.3) is 0 Å². The molecule has 0 radical (unpaired) electrons. The van der Waals surface area contributed by atoms with E-state index in [2.05, 4.69) is 14.9 Å². The van der Waals surface area contributed by atoms with Crippen LogP contribution in [-0.2, 0) is 5.54 Å². The zero-order valence-electron chi connectivity index (χ0n) is 12.8. The number of benzene rings is 1. The summed E-state index contributed by atoms with van der Waals surface area (Å²) in [6, 6.07) is 6.85. The summed E-state index contributed by atoms with van der Waals surface area (Å²) in [6.07, 6.45) is 3.59. The van der Waals surface area contributed by atoms with Gasteiger partial charge in [0.25, 0.3) is 0 Å². The third-order valence-electron chi connectivity index (χ3n) is 4.78. The van der Waals surface area contributed by atoms with Crippen LogP contribution in [-0.4, -0.2) is 16.8 Å². The Hall–Kier alpha value is -1.73. The van der Waals surface area contributed by atoms with Crippen LogP contribution in [0.4, 0.5) is 8.78 Å². The molecule has 0 bridgehead atoms. The molecule has 2 saturated carbocycles. The summed E-state index contributed by atoms with van der Waals surface area (Å²) in [4.78, 5) is 4.44. The van der Waals surface area contributed by atoms with Crippen molar-refractivity contribution in [3.05, 3.63) is 41.5 Å². The molecule has 0 spiro atoms. The van der Waals surface area contributed by atoms with Crippen LogP contribution in [0.15, 0.2) is 28.8 Å². The molecule has 5 nitrogen and oxygen atoms in total. The van der Waals surface area contributed by atoms with Gasteiger partial charge >= 0.3 is 6.61 Å². The predicted octanol–water partition coefficient (Wildman–Crippen LogP) is 3.70. The summed E-state index contributed by atoms with van der Waals surface area (Å²) in [5.74, 6) is 1.41. The average Bonchev–Trinajstić information content (AvgIpc) is 3.13. The predicted molar refractivity (Wildman–Crippen MR) is 84.4 cm³/mol. The fourth-order valence-corrected chi connectivity index (χ4v) is 3.17. The number of aromatic nitrogens is 2. The lowest BCUT2D eigenvalue weighted by molar-refractivity contribution is -0.0504. The van der Waals surface area contributed by atoms with Gasteiger partial charge in [0.15, 0.2) is 5.82 Å². The molecule has 2 fully saturated rings. The first-order chi connectivity index (χ1) is 11.1. The Balaban J connectivity index is 0.00000169. The summed E-state index contributed by atoms with van der Waals surface area (Å²) >= 11 is 0. The first-order valence-electron chi connectivity index (χ1n) is 7.73. The highest BCUT2D eigenvalue weighted by Crippen LogP contribution is 2.56. The molecular weight excluding hydrogens is 340 g/mol. The van der Waals surface area contributed by atoms with Crippen molar-refractivity contribution in [3.63, 3.8) is 0 Å². The average molecular weight is 358 g/mol. The van der Waals surface area contributed by atoms with E-state index >= 15 is 0 Å². The highest BCUT2D eigenvalue weighted by atomic mass is 35.5. The molecule has 2 aliphatic rings. The van der Waals surface area contributed by atoms with Crippen LogP contribution in [0.3, 0.4) is 0 Å². The van der Waals surface area contributed by atoms with Crippen molar-refractivity contribution in [1.82, 2.24) is 10.1 Å². The smallest absolute Gasteiger partial charge is 0.387 e. The summed E-state index contributed by atoms with van der Waals surface area (Å²) < 4.78 is 35.0. The van der Waals surface area contributed by atoms with Gasteiger partial charge in [0.05, 0.1) is 5.54 Å². The van der Waals surface area contributed by atoms with Gasteiger partial charge < -0.3 is 15.0 Å². The summed E-state index contributed by atoms with van der Waals surface area (Å²) in [5.41, 5.74) is 6.49. The first-order valence-corrected chi connectivity index (χ1v) is 7.73. The molecule has 130 valence electrons. The lowest BCUT2D eigenvalue weighted by Crippen LogP contribution is -2.44. The molecule has 1 heterocycles. The van der Waals surface area contributed by atoms with Gasteiger partial charge in [-0.25, -0.2) is 0 Å². The third-order valence-corrected chi connectivity index (χ3v) is 4.78. The summed E-state index contributed by atoms with van der Waals surface area (Å²) in [7, 11) is 0. The molecule has 8 heteroatoms. The minimum Gasteiger partial charge on any atom is -0.435 e. The second-order valence-electron chi connectivity index (χ2n) is 6.33. The van der Waals surface area contributed by atoms with Crippen LogP contribution in [0.2, 0.25) is 0 Å². The van der Waals surface area contributed by atoms with Crippen LogP contribution in [0, 0.1) is 0 Å². The lowest BCUT2D eigenvalue weighted by atomic mass is 9.77. The largest absolute Gasteiger partial charge is 0.435 e. The van der Waals surface area contributed by atoms with Crippen LogP contribution < -0.4 is 10.5 Å². The molecule has 1 aromatic heterocycles. The summed E-state index contributed by atoms with van der Waals surface area (Å²) in [6.45, 7) is -2.83. The molecule has 0 saturated heterocycles. The topological polar surface area (TPSA) is 74.2 Å². The van der Waals surface area contributed by atoms with Crippen LogP contribution in [0.5, 0.6) is 5.75 Å². The number of halogens is 3. The van der Waals surface area contributed by atoms with Crippen LogP contribution in [0.1, 0.15) is 54.8 Å². The molecule has 2 N–H and O–H groups in total. The van der Waals surface area contributed by atoms with E-state index in [4.69, 9.17) is 10.3 Å². The van der Waals surface area contributed by atoms with E-state index < -0.39 is 12.2 Å². The van der Waals surface area contributed by atoms with E-state index in [-0.39, 0.29) is 30.0 Å². The van der Waals surface area contributed by atoms with Gasteiger partial charge in [-0.1, -0.05) is 23.4 Å². The maximum atomic E-state index is 12.5. The number of para-hydroxylation sites is 1. The molecule has 2 atom stereocenters. The van der Waals surface area contributed by atoms with Gasteiger partial charge in [-0.2, -0.15) is 13.8 Å². The highest BCUT2D eigenvalue weighted by molar-refractivity contribution is 5.85. The number of alkyl halides is 2. The maximum absolute atomic E-state index is 12.5. The molecule has 4 rings (SSSR count). The quantitative estimate of drug-likeness (QED) is 0.883. The Morgan fingerprint density at radius 2 is 2.00 bits per heavy atom. The van der Waals surface area contributed by atoms with Crippen LogP contribution >= 0.6 is 12.4 Å². The maximum Gasteiger partial charge on any atom is 0.387 e. The van der Waals surface area contributed by atoms with Crippen molar-refractivity contribution in [2.75, 3.05) is 0 Å². The number of ether oxygens (including phenoxy) is 1. The van der Waals surface area contributed by atoms with E-state index in [0.717, 1.165) is 31.2 Å². The van der Waals surface area contributed by atoms with E-state index in [1.165, 1.54) is 0 Å². The normalized spacial score (nSPS) is 24.2. The van der Waals surface area contributed by atoms with Crippen molar-refractivity contribution >= 4 is 12.4 Å². The summed E-state index contributed by atoms with van der Waals surface area (Å²) in [5, 5.41) is 4.01. The molecule has 0 amide bonds. The second-order valence-corrected chi connectivity index (χ2v) is 6.33. The Labute approximate surface area is 144 Å². The monoisotopic (exact) mass is 357 g/mol. The molecule has 0 aliphatic heterocycles. The van der Waals surface area contributed by atoms with Crippen molar-refractivity contribution in [2.24, 2.45) is 5.73 Å². The van der Waals surface area contributed by atoms with Crippen molar-refractivity contribution < 1.29 is 18.0 Å². The Morgan fingerprint density at radius 3 is 2.67 bits per heavy atom. The molecule has 2 aromatic rings. The Morgan fingerprint density at radius 1 is 1.25 bits per heavy atom. The van der Waals surface area contributed by atoms with Gasteiger partial charge in [-0.05, 0) is 43.2 Å². The number of nitrogens with zero attached hydrogens (tertiary/aromatic N) is 2. The first kappa shape index (κ1) is 17.1. The molecular formula is C16H18ClF2N3O2. The van der Waals surface area contributed by atoms with E-state index in [1.54, 1.807) is 18.2 Å². The SMILES string of the molecule is Cl.NC1(c2noc(C3CC3c3ccccc3OC(F)F)n2)CCC1. The van der Waals surface area contributed by atoms with Crippen molar-refractivity contribution in [1.29, 1.82) is 0 Å². The highest BCUT2D eigenvalue weighted by Gasteiger charge is 2.47. The number of nitrogens with two attached hydrogens (primary N) is 1.